The van der Waals surface area contributed by atoms with E-state index < -0.39 is 0 Å². The smallest absolute Gasteiger partial charge is 0.0451 e. The molecule has 0 saturated carbocycles. The van der Waals surface area contributed by atoms with Crippen molar-refractivity contribution in [2.45, 2.75) is 26.3 Å². The van der Waals surface area contributed by atoms with Crippen molar-refractivity contribution >= 4 is 11.6 Å². The molecule has 2 N–H and O–H groups in total. The number of hydrogen-bond acceptors (Lipinski definition) is 2. The maximum atomic E-state index is 6.24. The van der Waals surface area contributed by atoms with E-state index in [1.165, 1.54) is 5.56 Å². The zero-order valence-electron chi connectivity index (χ0n) is 10.7. The van der Waals surface area contributed by atoms with E-state index in [-0.39, 0.29) is 6.04 Å². The van der Waals surface area contributed by atoms with E-state index in [1.54, 1.807) is 6.20 Å². The zero-order chi connectivity index (χ0) is 13.1. The molecule has 0 aliphatic heterocycles. The maximum absolute atomic E-state index is 6.24. The number of nitrogens with zero attached hydrogens (tertiary/aromatic N) is 1. The summed E-state index contributed by atoms with van der Waals surface area (Å²) in [5.74, 6) is 0. The Kier molecular flexibility index (Phi) is 4.00. The van der Waals surface area contributed by atoms with Crippen molar-refractivity contribution in [1.82, 2.24) is 4.98 Å². The molecule has 0 bridgehead atoms. The van der Waals surface area contributed by atoms with E-state index in [0.717, 1.165) is 28.3 Å². The highest BCUT2D eigenvalue weighted by atomic mass is 35.5. The lowest BCUT2D eigenvalue weighted by Gasteiger charge is -2.14. The highest BCUT2D eigenvalue weighted by Crippen LogP contribution is 2.22. The minimum Gasteiger partial charge on any atom is -0.324 e. The standard InChI is InChI=1S/C15H17ClN2/c1-10-6-12(8-13(16)7-10)14(17)9-15-11(2)4-3-5-18-15/h3-8,14H,9,17H2,1-2H3. The first-order valence-corrected chi connectivity index (χ1v) is 6.37. The van der Waals surface area contributed by atoms with Crippen LogP contribution in [0.4, 0.5) is 0 Å². The van der Waals surface area contributed by atoms with Crippen LogP contribution >= 0.6 is 11.6 Å². The third-order valence-corrected chi connectivity index (χ3v) is 3.24. The van der Waals surface area contributed by atoms with Crippen LogP contribution in [0.5, 0.6) is 0 Å². The van der Waals surface area contributed by atoms with Gasteiger partial charge in [-0.2, -0.15) is 0 Å². The molecule has 1 atom stereocenters. The molecule has 1 aromatic heterocycles. The molecule has 2 aromatic rings. The van der Waals surface area contributed by atoms with Crippen molar-refractivity contribution in [2.24, 2.45) is 5.73 Å². The van der Waals surface area contributed by atoms with Crippen molar-refractivity contribution in [3.63, 3.8) is 0 Å². The maximum Gasteiger partial charge on any atom is 0.0451 e. The Hall–Kier alpha value is -1.38. The topological polar surface area (TPSA) is 38.9 Å². The van der Waals surface area contributed by atoms with Crippen molar-refractivity contribution < 1.29 is 0 Å². The average molecular weight is 261 g/mol. The monoisotopic (exact) mass is 260 g/mol. The molecule has 2 nitrogen and oxygen atoms in total. The van der Waals surface area contributed by atoms with Gasteiger partial charge in [0.2, 0.25) is 0 Å². The lowest BCUT2D eigenvalue weighted by Crippen LogP contribution is -2.15. The molecule has 0 spiro atoms. The van der Waals surface area contributed by atoms with Crippen LogP contribution in [0.25, 0.3) is 0 Å². The Morgan fingerprint density at radius 1 is 1.28 bits per heavy atom. The number of pyridine rings is 1. The molecular formula is C15H17ClN2. The van der Waals surface area contributed by atoms with Gasteiger partial charge in [-0.25, -0.2) is 0 Å². The molecule has 0 fully saturated rings. The Labute approximate surface area is 113 Å². The Morgan fingerprint density at radius 3 is 2.72 bits per heavy atom. The van der Waals surface area contributed by atoms with Crippen LogP contribution in [0.2, 0.25) is 5.02 Å². The molecule has 2 rings (SSSR count). The second kappa shape index (κ2) is 5.51. The number of benzene rings is 1. The van der Waals surface area contributed by atoms with E-state index >= 15 is 0 Å². The summed E-state index contributed by atoms with van der Waals surface area (Å²) < 4.78 is 0. The molecule has 0 saturated heterocycles. The van der Waals surface area contributed by atoms with Gasteiger partial charge in [-0.15, -0.1) is 0 Å². The second-order valence-electron chi connectivity index (χ2n) is 4.64. The van der Waals surface area contributed by atoms with Gasteiger partial charge in [0.25, 0.3) is 0 Å². The van der Waals surface area contributed by atoms with Crippen LogP contribution in [-0.2, 0) is 6.42 Å². The lowest BCUT2D eigenvalue weighted by atomic mass is 9.99. The number of aryl methyl sites for hydroxylation is 2. The molecule has 94 valence electrons. The summed E-state index contributed by atoms with van der Waals surface area (Å²) in [4.78, 5) is 4.38. The van der Waals surface area contributed by atoms with E-state index in [1.807, 2.05) is 25.1 Å². The summed E-state index contributed by atoms with van der Waals surface area (Å²) in [5.41, 5.74) is 10.6. The second-order valence-corrected chi connectivity index (χ2v) is 5.08. The molecule has 1 heterocycles. The van der Waals surface area contributed by atoms with Gasteiger partial charge in [-0.3, -0.25) is 4.98 Å². The summed E-state index contributed by atoms with van der Waals surface area (Å²) in [6, 6.07) is 9.86. The first-order chi connectivity index (χ1) is 8.56. The van der Waals surface area contributed by atoms with Crippen molar-refractivity contribution in [3.05, 3.63) is 63.9 Å². The molecular weight excluding hydrogens is 244 g/mol. The Bertz CT molecular complexity index is 532. The summed E-state index contributed by atoms with van der Waals surface area (Å²) in [6.07, 6.45) is 2.53. The zero-order valence-corrected chi connectivity index (χ0v) is 11.4. The fraction of sp³-hybridized carbons (Fsp3) is 0.267. The highest BCUT2D eigenvalue weighted by molar-refractivity contribution is 6.30. The molecule has 0 radical (unpaired) electrons. The molecule has 3 heteroatoms. The fourth-order valence-corrected chi connectivity index (χ4v) is 2.34. The minimum atomic E-state index is -0.0731. The number of halogens is 1. The van der Waals surface area contributed by atoms with Crippen LogP contribution < -0.4 is 5.73 Å². The highest BCUT2D eigenvalue weighted by Gasteiger charge is 2.10. The third-order valence-electron chi connectivity index (χ3n) is 3.02. The summed E-state index contributed by atoms with van der Waals surface area (Å²) in [6.45, 7) is 4.08. The minimum absolute atomic E-state index is 0.0731. The predicted octanol–water partition coefficient (Wildman–Crippen LogP) is 3.59. The molecule has 1 unspecified atom stereocenters. The van der Waals surface area contributed by atoms with E-state index in [0.29, 0.717) is 0 Å². The summed E-state index contributed by atoms with van der Waals surface area (Å²) in [7, 11) is 0. The number of hydrogen-bond donors (Lipinski definition) is 1. The van der Waals surface area contributed by atoms with Gasteiger partial charge in [0.15, 0.2) is 0 Å². The van der Waals surface area contributed by atoms with E-state index in [4.69, 9.17) is 17.3 Å². The molecule has 0 aliphatic rings. The van der Waals surface area contributed by atoms with Crippen molar-refractivity contribution in [2.75, 3.05) is 0 Å². The molecule has 18 heavy (non-hydrogen) atoms. The average Bonchev–Trinajstić information content (AvgIpc) is 2.31. The first-order valence-electron chi connectivity index (χ1n) is 5.99. The Balaban J connectivity index is 2.22. The third kappa shape index (κ3) is 3.09. The SMILES string of the molecule is Cc1cc(Cl)cc(C(N)Cc2ncccc2C)c1. The van der Waals surface area contributed by atoms with Gasteiger partial charge in [0, 0.05) is 29.4 Å². The largest absolute Gasteiger partial charge is 0.324 e. The summed E-state index contributed by atoms with van der Waals surface area (Å²) in [5, 5.41) is 0.734. The van der Waals surface area contributed by atoms with Gasteiger partial charge < -0.3 is 5.73 Å². The van der Waals surface area contributed by atoms with Crippen LogP contribution in [-0.4, -0.2) is 4.98 Å². The molecule has 1 aromatic carbocycles. The van der Waals surface area contributed by atoms with Crippen LogP contribution in [0.1, 0.15) is 28.4 Å². The number of aromatic nitrogens is 1. The lowest BCUT2D eigenvalue weighted by molar-refractivity contribution is 0.702. The van der Waals surface area contributed by atoms with Crippen molar-refractivity contribution in [1.29, 1.82) is 0 Å². The van der Waals surface area contributed by atoms with E-state index in [9.17, 15) is 0 Å². The predicted molar refractivity (Wildman–Crippen MR) is 75.8 cm³/mol. The molecule has 0 amide bonds. The van der Waals surface area contributed by atoms with Crippen LogP contribution in [0.3, 0.4) is 0 Å². The van der Waals surface area contributed by atoms with Crippen LogP contribution in [0, 0.1) is 13.8 Å². The number of nitrogens with two attached hydrogens (primary N) is 1. The van der Waals surface area contributed by atoms with Crippen LogP contribution in [0.15, 0.2) is 36.5 Å². The normalized spacial score (nSPS) is 12.4. The number of rotatable bonds is 3. The first kappa shape index (κ1) is 13.1. The van der Waals surface area contributed by atoms with Gasteiger partial charge in [-0.05, 0) is 48.7 Å². The quantitative estimate of drug-likeness (QED) is 0.916. The summed E-state index contributed by atoms with van der Waals surface area (Å²) >= 11 is 6.06. The van der Waals surface area contributed by atoms with E-state index in [2.05, 4.69) is 24.0 Å². The van der Waals surface area contributed by atoms with Gasteiger partial charge in [0.05, 0.1) is 0 Å². The van der Waals surface area contributed by atoms with Gasteiger partial charge in [0.1, 0.15) is 0 Å². The van der Waals surface area contributed by atoms with Gasteiger partial charge in [-0.1, -0.05) is 23.7 Å². The fourth-order valence-electron chi connectivity index (χ4n) is 2.04. The Morgan fingerprint density at radius 2 is 2.06 bits per heavy atom. The van der Waals surface area contributed by atoms with Gasteiger partial charge >= 0.3 is 0 Å². The van der Waals surface area contributed by atoms with Crippen molar-refractivity contribution in [3.8, 4) is 0 Å². The molecule has 0 aliphatic carbocycles.